The Morgan fingerprint density at radius 2 is 1.72 bits per heavy atom. The van der Waals surface area contributed by atoms with E-state index in [2.05, 4.69) is 27.2 Å². The maximum absolute atomic E-state index is 13.3. The van der Waals surface area contributed by atoms with Crippen LogP contribution in [-0.2, 0) is 9.53 Å². The molecule has 1 fully saturated rings. The fraction of sp³-hybridized carbons (Fsp3) is 0.250. The second kappa shape index (κ2) is 9.93. The van der Waals surface area contributed by atoms with Gasteiger partial charge in [0.15, 0.2) is 0 Å². The van der Waals surface area contributed by atoms with Crippen LogP contribution in [0.1, 0.15) is 10.4 Å². The van der Waals surface area contributed by atoms with E-state index in [1.54, 1.807) is 17.5 Å². The van der Waals surface area contributed by atoms with Gasteiger partial charge in [0.1, 0.15) is 16.4 Å². The number of piperazine rings is 1. The zero-order valence-electron chi connectivity index (χ0n) is 17.7. The number of hydrogen-bond acceptors (Lipinski definition) is 6. The fourth-order valence-corrected chi connectivity index (χ4v) is 4.74. The molecule has 1 N–H and O–H groups in total. The molecule has 8 heteroatoms. The summed E-state index contributed by atoms with van der Waals surface area (Å²) in [6, 6.07) is 16.1. The van der Waals surface area contributed by atoms with Crippen molar-refractivity contribution in [1.29, 1.82) is 0 Å². The highest BCUT2D eigenvalue weighted by atomic mass is 32.1. The van der Waals surface area contributed by atoms with E-state index in [1.807, 2.05) is 18.2 Å². The molecule has 1 aliphatic heterocycles. The molecule has 0 spiro atoms. The summed E-state index contributed by atoms with van der Waals surface area (Å²) >= 11 is 1.25. The van der Waals surface area contributed by atoms with Gasteiger partial charge in [-0.05, 0) is 29.8 Å². The first-order valence-electron chi connectivity index (χ1n) is 10.3. The summed E-state index contributed by atoms with van der Waals surface area (Å²) in [4.78, 5) is 29.6. The van der Waals surface area contributed by atoms with Crippen LogP contribution in [0.4, 0.5) is 15.1 Å². The third-order valence-corrected chi connectivity index (χ3v) is 6.35. The highest BCUT2D eigenvalue weighted by molar-refractivity contribution is 7.15. The van der Waals surface area contributed by atoms with Gasteiger partial charge in [-0.15, -0.1) is 11.3 Å². The van der Waals surface area contributed by atoms with E-state index in [0.29, 0.717) is 16.1 Å². The molecule has 1 saturated heterocycles. The Kier molecular flexibility index (Phi) is 6.82. The second-order valence-corrected chi connectivity index (χ2v) is 8.38. The van der Waals surface area contributed by atoms with Gasteiger partial charge >= 0.3 is 5.97 Å². The number of ether oxygens (including phenoxy) is 1. The van der Waals surface area contributed by atoms with Gasteiger partial charge in [-0.1, -0.05) is 30.3 Å². The zero-order chi connectivity index (χ0) is 22.5. The van der Waals surface area contributed by atoms with Crippen molar-refractivity contribution >= 4 is 33.9 Å². The molecule has 4 rings (SSSR count). The van der Waals surface area contributed by atoms with Crippen LogP contribution in [0.3, 0.4) is 0 Å². The third kappa shape index (κ3) is 4.98. The minimum Gasteiger partial charge on any atom is -0.465 e. The van der Waals surface area contributed by atoms with Crippen molar-refractivity contribution in [3.8, 4) is 11.1 Å². The van der Waals surface area contributed by atoms with Crippen LogP contribution in [0, 0.1) is 5.82 Å². The van der Waals surface area contributed by atoms with Gasteiger partial charge in [0.2, 0.25) is 5.91 Å². The molecular formula is C24H24FN3O3S. The Hall–Kier alpha value is -3.23. The predicted molar refractivity (Wildman–Crippen MR) is 125 cm³/mol. The molecule has 166 valence electrons. The van der Waals surface area contributed by atoms with E-state index in [0.717, 1.165) is 26.2 Å². The summed E-state index contributed by atoms with van der Waals surface area (Å²) in [5.74, 6) is -1.09. The van der Waals surface area contributed by atoms with Crippen molar-refractivity contribution in [1.82, 2.24) is 4.90 Å². The largest absolute Gasteiger partial charge is 0.465 e. The summed E-state index contributed by atoms with van der Waals surface area (Å²) in [6.07, 6.45) is 0. The van der Waals surface area contributed by atoms with E-state index in [4.69, 9.17) is 4.74 Å². The summed E-state index contributed by atoms with van der Waals surface area (Å²) in [7, 11) is 1.30. The van der Waals surface area contributed by atoms with E-state index in [-0.39, 0.29) is 23.8 Å². The van der Waals surface area contributed by atoms with Crippen LogP contribution in [-0.4, -0.2) is 56.6 Å². The normalized spacial score (nSPS) is 14.2. The van der Waals surface area contributed by atoms with Gasteiger partial charge in [-0.3, -0.25) is 9.69 Å². The van der Waals surface area contributed by atoms with Crippen molar-refractivity contribution < 1.29 is 18.7 Å². The minimum atomic E-state index is -0.544. The first-order chi connectivity index (χ1) is 15.5. The number of nitrogens with zero attached hydrogens (tertiary/aromatic N) is 2. The number of thiophene rings is 1. The highest BCUT2D eigenvalue weighted by Crippen LogP contribution is 2.36. The molecule has 1 aliphatic rings. The Morgan fingerprint density at radius 3 is 2.38 bits per heavy atom. The van der Waals surface area contributed by atoms with Crippen molar-refractivity contribution in [3.63, 3.8) is 0 Å². The number of esters is 1. The number of nitrogens with one attached hydrogen (secondary N) is 1. The monoisotopic (exact) mass is 453 g/mol. The standard InChI is InChI=1S/C24H24FN3O3S/c1-31-24(30)22-20(17-7-9-18(25)10-8-17)16-32-23(22)26-21(29)15-27-11-13-28(14-12-27)19-5-3-2-4-6-19/h2-10,16H,11-15H2,1H3,(H,26,29). The molecule has 3 aromatic rings. The number of carbonyl (C=O) groups is 2. The van der Waals surface area contributed by atoms with Gasteiger partial charge in [-0.2, -0.15) is 0 Å². The van der Waals surface area contributed by atoms with Gasteiger partial charge in [0.05, 0.1) is 13.7 Å². The highest BCUT2D eigenvalue weighted by Gasteiger charge is 2.24. The molecule has 2 heterocycles. The maximum Gasteiger partial charge on any atom is 0.341 e. The van der Waals surface area contributed by atoms with Crippen LogP contribution in [0.5, 0.6) is 0 Å². The number of rotatable bonds is 6. The molecule has 2 aromatic carbocycles. The van der Waals surface area contributed by atoms with Crippen LogP contribution in [0.2, 0.25) is 0 Å². The number of amides is 1. The van der Waals surface area contributed by atoms with Crippen molar-refractivity contribution in [3.05, 3.63) is 71.4 Å². The predicted octanol–water partition coefficient (Wildman–Crippen LogP) is 4.10. The van der Waals surface area contributed by atoms with Gasteiger partial charge in [0, 0.05) is 42.8 Å². The average molecular weight is 454 g/mol. The maximum atomic E-state index is 13.3. The average Bonchev–Trinajstić information content (AvgIpc) is 3.23. The Balaban J connectivity index is 1.41. The number of para-hydroxylation sites is 1. The molecule has 0 aliphatic carbocycles. The SMILES string of the molecule is COC(=O)c1c(-c2ccc(F)cc2)csc1NC(=O)CN1CCN(c2ccccc2)CC1. The Bertz CT molecular complexity index is 1080. The summed E-state index contributed by atoms with van der Waals surface area (Å²) in [5, 5.41) is 5.07. The number of hydrogen-bond donors (Lipinski definition) is 1. The summed E-state index contributed by atoms with van der Waals surface area (Å²) in [6.45, 7) is 3.48. The smallest absolute Gasteiger partial charge is 0.341 e. The van der Waals surface area contributed by atoms with Gasteiger partial charge in [0.25, 0.3) is 0 Å². The van der Waals surface area contributed by atoms with E-state index in [1.165, 1.54) is 36.3 Å². The quantitative estimate of drug-likeness (QED) is 0.570. The molecule has 0 atom stereocenters. The fourth-order valence-electron chi connectivity index (χ4n) is 3.77. The molecule has 6 nitrogen and oxygen atoms in total. The first kappa shape index (κ1) is 22.0. The lowest BCUT2D eigenvalue weighted by Crippen LogP contribution is -2.48. The van der Waals surface area contributed by atoms with E-state index < -0.39 is 5.97 Å². The van der Waals surface area contributed by atoms with Crippen LogP contribution >= 0.6 is 11.3 Å². The Labute approximate surface area is 190 Å². The first-order valence-corrected chi connectivity index (χ1v) is 11.2. The number of benzene rings is 2. The van der Waals surface area contributed by atoms with Crippen LogP contribution in [0.25, 0.3) is 11.1 Å². The molecule has 0 saturated carbocycles. The molecular weight excluding hydrogens is 429 g/mol. The van der Waals surface area contributed by atoms with Gasteiger partial charge < -0.3 is 15.0 Å². The van der Waals surface area contributed by atoms with Crippen molar-refractivity contribution in [2.75, 3.05) is 50.1 Å². The lowest BCUT2D eigenvalue weighted by molar-refractivity contribution is -0.117. The number of halogens is 1. The lowest BCUT2D eigenvalue weighted by atomic mass is 10.0. The van der Waals surface area contributed by atoms with Crippen LogP contribution in [0.15, 0.2) is 60.0 Å². The van der Waals surface area contributed by atoms with Crippen LogP contribution < -0.4 is 10.2 Å². The molecule has 0 bridgehead atoms. The second-order valence-electron chi connectivity index (χ2n) is 7.50. The molecule has 1 aromatic heterocycles. The lowest BCUT2D eigenvalue weighted by Gasteiger charge is -2.35. The number of methoxy groups -OCH3 is 1. The molecule has 1 amide bonds. The minimum absolute atomic E-state index is 0.184. The Morgan fingerprint density at radius 1 is 1.03 bits per heavy atom. The van der Waals surface area contributed by atoms with Crippen molar-refractivity contribution in [2.24, 2.45) is 0 Å². The van der Waals surface area contributed by atoms with Crippen molar-refractivity contribution in [2.45, 2.75) is 0 Å². The number of anilines is 2. The number of carbonyl (C=O) groups excluding carboxylic acids is 2. The van der Waals surface area contributed by atoms with E-state index >= 15 is 0 Å². The third-order valence-electron chi connectivity index (χ3n) is 5.45. The molecule has 0 radical (unpaired) electrons. The summed E-state index contributed by atoms with van der Waals surface area (Å²) < 4.78 is 18.2. The topological polar surface area (TPSA) is 61.9 Å². The zero-order valence-corrected chi connectivity index (χ0v) is 18.5. The van der Waals surface area contributed by atoms with E-state index in [9.17, 15) is 14.0 Å². The van der Waals surface area contributed by atoms with Gasteiger partial charge in [-0.25, -0.2) is 9.18 Å². The molecule has 32 heavy (non-hydrogen) atoms. The summed E-state index contributed by atoms with van der Waals surface area (Å²) in [5.41, 5.74) is 2.76. The molecule has 0 unspecified atom stereocenters.